The highest BCUT2D eigenvalue weighted by molar-refractivity contribution is 6.42. The molecule has 1 aromatic heterocycles. The van der Waals surface area contributed by atoms with Crippen LogP contribution in [0.5, 0.6) is 0 Å². The topological polar surface area (TPSA) is 83.3 Å². The highest BCUT2D eigenvalue weighted by Crippen LogP contribution is 2.22. The van der Waals surface area contributed by atoms with Gasteiger partial charge >= 0.3 is 0 Å². The van der Waals surface area contributed by atoms with E-state index in [9.17, 15) is 4.79 Å². The number of carbonyl (C=O) groups excluding carboxylic acids is 1. The molecule has 1 amide bonds. The summed E-state index contributed by atoms with van der Waals surface area (Å²) in [5.41, 5.74) is 7.91. The first-order chi connectivity index (χ1) is 11.5. The van der Waals surface area contributed by atoms with Crippen LogP contribution in [0.3, 0.4) is 0 Å². The Kier molecular flexibility index (Phi) is 6.31. The molecule has 8 heteroatoms. The maximum absolute atomic E-state index is 12.2. The molecule has 130 valence electrons. The number of para-hydroxylation sites is 1. The average Bonchev–Trinajstić information content (AvgIpc) is 3.00. The minimum absolute atomic E-state index is 0. The first kappa shape index (κ1) is 19.1. The van der Waals surface area contributed by atoms with Crippen molar-refractivity contribution in [3.8, 4) is 0 Å². The van der Waals surface area contributed by atoms with Gasteiger partial charge < -0.3 is 10.7 Å². The lowest BCUT2D eigenvalue weighted by atomic mass is 10.2. The summed E-state index contributed by atoms with van der Waals surface area (Å²) in [7, 11) is 0. The molecule has 0 radical (unpaired) electrons. The van der Waals surface area contributed by atoms with E-state index in [-0.39, 0.29) is 30.8 Å². The van der Waals surface area contributed by atoms with Gasteiger partial charge in [-0.2, -0.15) is 0 Å². The Hall–Kier alpha value is -2.21. The molecule has 4 N–H and O–H groups in total. The van der Waals surface area contributed by atoms with E-state index in [0.29, 0.717) is 15.7 Å². The molecule has 1 heterocycles. The summed E-state index contributed by atoms with van der Waals surface area (Å²) in [6, 6.07) is 14.6. The van der Waals surface area contributed by atoms with E-state index < -0.39 is 0 Å². The van der Waals surface area contributed by atoms with Crippen LogP contribution in [0.1, 0.15) is 16.1 Å². The number of halogens is 3. The van der Waals surface area contributed by atoms with Crippen molar-refractivity contribution in [2.75, 3.05) is 0 Å². The van der Waals surface area contributed by atoms with Gasteiger partial charge in [-0.05, 0) is 29.8 Å². The lowest BCUT2D eigenvalue weighted by molar-refractivity contribution is 0.0972. The van der Waals surface area contributed by atoms with E-state index in [0.717, 1.165) is 16.5 Å². The van der Waals surface area contributed by atoms with Gasteiger partial charge in [0, 0.05) is 10.9 Å². The average molecular weight is 398 g/mol. The number of aliphatic imine (C=N–C) groups is 1. The van der Waals surface area contributed by atoms with Crippen molar-refractivity contribution in [3.05, 3.63) is 69.8 Å². The van der Waals surface area contributed by atoms with Gasteiger partial charge in [-0.3, -0.25) is 10.1 Å². The maximum Gasteiger partial charge on any atom is 0.274 e. The van der Waals surface area contributed by atoms with Gasteiger partial charge in [0.2, 0.25) is 0 Å². The van der Waals surface area contributed by atoms with Crippen molar-refractivity contribution < 1.29 is 4.79 Å². The highest BCUT2D eigenvalue weighted by Gasteiger charge is 2.10. The third-order valence-electron chi connectivity index (χ3n) is 3.43. The summed E-state index contributed by atoms with van der Waals surface area (Å²) in [6.45, 7) is 0.287. The number of amides is 1. The molecule has 3 aromatic rings. The van der Waals surface area contributed by atoms with E-state index >= 15 is 0 Å². The van der Waals surface area contributed by atoms with E-state index in [4.69, 9.17) is 28.9 Å². The molecule has 0 aliphatic rings. The molecule has 3 rings (SSSR count). The summed E-state index contributed by atoms with van der Waals surface area (Å²) in [5, 5.41) is 4.43. The molecule has 0 fully saturated rings. The molecular weight excluding hydrogens is 383 g/mol. The smallest absolute Gasteiger partial charge is 0.274 e. The Morgan fingerprint density at radius 1 is 1.12 bits per heavy atom. The Balaban J connectivity index is 0.00000225. The number of aromatic nitrogens is 1. The van der Waals surface area contributed by atoms with Gasteiger partial charge in [0.15, 0.2) is 5.96 Å². The van der Waals surface area contributed by atoms with Crippen LogP contribution in [0.25, 0.3) is 10.9 Å². The number of benzene rings is 2. The highest BCUT2D eigenvalue weighted by atomic mass is 35.5. The number of rotatable bonds is 3. The Morgan fingerprint density at radius 2 is 1.88 bits per heavy atom. The predicted octanol–water partition coefficient (Wildman–Crippen LogP) is 4.14. The second kappa shape index (κ2) is 8.25. The van der Waals surface area contributed by atoms with Crippen LogP contribution in [0.2, 0.25) is 10.0 Å². The summed E-state index contributed by atoms with van der Waals surface area (Å²) in [5.74, 6) is -0.314. The van der Waals surface area contributed by atoms with Crippen LogP contribution < -0.4 is 11.1 Å². The fourth-order valence-corrected chi connectivity index (χ4v) is 2.55. The first-order valence-electron chi connectivity index (χ1n) is 7.16. The molecule has 0 unspecified atom stereocenters. The number of carbonyl (C=O) groups is 1. The van der Waals surface area contributed by atoms with E-state index in [1.807, 2.05) is 24.3 Å². The molecule has 0 aliphatic carbocycles. The molecule has 5 nitrogen and oxygen atoms in total. The lowest BCUT2D eigenvalue weighted by Gasteiger charge is -2.04. The van der Waals surface area contributed by atoms with Crippen LogP contribution in [-0.4, -0.2) is 16.9 Å². The summed E-state index contributed by atoms with van der Waals surface area (Å²) in [6.07, 6.45) is 0. The van der Waals surface area contributed by atoms with Crippen LogP contribution in [0.4, 0.5) is 0 Å². The third kappa shape index (κ3) is 4.66. The van der Waals surface area contributed by atoms with Gasteiger partial charge in [0.25, 0.3) is 5.91 Å². The molecular formula is C17H15Cl3N4O. The fraction of sp³-hybridized carbons (Fsp3) is 0.0588. The first-order valence-corrected chi connectivity index (χ1v) is 7.91. The number of fused-ring (bicyclic) bond motifs is 1. The maximum atomic E-state index is 12.2. The van der Waals surface area contributed by atoms with Crippen LogP contribution in [0.15, 0.2) is 53.5 Å². The van der Waals surface area contributed by atoms with Crippen molar-refractivity contribution >= 4 is 58.4 Å². The van der Waals surface area contributed by atoms with Gasteiger partial charge in [-0.15, -0.1) is 12.4 Å². The van der Waals surface area contributed by atoms with Crippen LogP contribution in [0, 0.1) is 0 Å². The Labute approximate surface area is 160 Å². The minimum atomic E-state index is -0.346. The molecule has 0 spiro atoms. The third-order valence-corrected chi connectivity index (χ3v) is 4.17. The number of aromatic amines is 1. The molecule has 25 heavy (non-hydrogen) atoms. The molecule has 0 saturated carbocycles. The second-order valence-corrected chi connectivity index (χ2v) is 5.99. The molecule has 0 aliphatic heterocycles. The van der Waals surface area contributed by atoms with E-state index in [1.54, 1.807) is 24.3 Å². The monoisotopic (exact) mass is 396 g/mol. The number of nitrogens with zero attached hydrogens (tertiary/aromatic N) is 1. The molecule has 0 bridgehead atoms. The zero-order valence-corrected chi connectivity index (χ0v) is 15.3. The van der Waals surface area contributed by atoms with Gasteiger partial charge in [0.1, 0.15) is 5.69 Å². The number of hydrogen-bond donors (Lipinski definition) is 3. The standard InChI is InChI=1S/C17H14Cl2N4O.ClH/c18-12-6-5-10(7-13(12)19)9-21-17(20)23-16(24)15-8-11-3-1-2-4-14(11)22-15;/h1-8,22H,9H2,(H3,20,21,23,24);1H. The van der Waals surface area contributed by atoms with Gasteiger partial charge in [-0.25, -0.2) is 4.99 Å². The summed E-state index contributed by atoms with van der Waals surface area (Å²) >= 11 is 11.8. The number of guanidine groups is 1. The second-order valence-electron chi connectivity index (χ2n) is 5.17. The summed E-state index contributed by atoms with van der Waals surface area (Å²) in [4.78, 5) is 19.4. The minimum Gasteiger partial charge on any atom is -0.370 e. The number of hydrogen-bond acceptors (Lipinski definition) is 2. The van der Waals surface area contributed by atoms with Crippen molar-refractivity contribution in [1.29, 1.82) is 0 Å². The predicted molar refractivity (Wildman–Crippen MR) is 105 cm³/mol. The number of H-pyrrole nitrogens is 1. The quantitative estimate of drug-likeness (QED) is 0.458. The Morgan fingerprint density at radius 3 is 2.60 bits per heavy atom. The van der Waals surface area contributed by atoms with Crippen molar-refractivity contribution in [2.45, 2.75) is 6.54 Å². The van der Waals surface area contributed by atoms with Crippen molar-refractivity contribution in [1.82, 2.24) is 10.3 Å². The molecule has 0 atom stereocenters. The van der Waals surface area contributed by atoms with E-state index in [1.165, 1.54) is 0 Å². The van der Waals surface area contributed by atoms with Gasteiger partial charge in [-0.1, -0.05) is 47.5 Å². The van der Waals surface area contributed by atoms with Crippen LogP contribution >= 0.6 is 35.6 Å². The fourth-order valence-electron chi connectivity index (χ4n) is 2.23. The molecule has 0 saturated heterocycles. The lowest BCUT2D eigenvalue weighted by Crippen LogP contribution is -2.37. The van der Waals surface area contributed by atoms with Gasteiger partial charge in [0.05, 0.1) is 16.6 Å². The number of nitrogens with one attached hydrogen (secondary N) is 2. The Bertz CT molecular complexity index is 904. The summed E-state index contributed by atoms with van der Waals surface area (Å²) < 4.78 is 0. The number of nitrogens with two attached hydrogens (primary N) is 1. The van der Waals surface area contributed by atoms with Crippen molar-refractivity contribution in [3.63, 3.8) is 0 Å². The zero-order chi connectivity index (χ0) is 17.1. The van der Waals surface area contributed by atoms with Crippen LogP contribution in [-0.2, 0) is 6.54 Å². The van der Waals surface area contributed by atoms with E-state index in [2.05, 4.69) is 15.3 Å². The SMILES string of the molecule is Cl.NC(=NCc1ccc(Cl)c(Cl)c1)NC(=O)c1cc2ccccc2[nH]1. The normalized spacial score (nSPS) is 11.2. The van der Waals surface area contributed by atoms with Crippen molar-refractivity contribution in [2.24, 2.45) is 10.7 Å². The molecule has 2 aromatic carbocycles. The zero-order valence-electron chi connectivity index (χ0n) is 12.9. The largest absolute Gasteiger partial charge is 0.370 e.